The number of furan rings is 1. The zero-order valence-electron chi connectivity index (χ0n) is 10.0. The first-order valence-electron chi connectivity index (χ1n) is 5.67. The molecule has 2 rings (SSSR count). The van der Waals surface area contributed by atoms with Crippen LogP contribution in [0.4, 0.5) is 0 Å². The molecule has 1 aliphatic rings. The summed E-state index contributed by atoms with van der Waals surface area (Å²) in [4.78, 5) is 14.0. The van der Waals surface area contributed by atoms with Crippen LogP contribution in [0, 0.1) is 13.8 Å². The van der Waals surface area contributed by atoms with Crippen molar-refractivity contribution in [3.05, 3.63) is 23.2 Å². The molecule has 0 saturated carbocycles. The van der Waals surface area contributed by atoms with Gasteiger partial charge in [0.1, 0.15) is 5.76 Å². The van der Waals surface area contributed by atoms with Gasteiger partial charge in [-0.1, -0.05) is 0 Å². The zero-order valence-corrected chi connectivity index (χ0v) is 10.0. The molecule has 1 aromatic rings. The molecule has 1 aromatic heterocycles. The van der Waals surface area contributed by atoms with Crippen molar-refractivity contribution < 1.29 is 9.21 Å². The van der Waals surface area contributed by atoms with Crippen molar-refractivity contribution in [2.75, 3.05) is 19.6 Å². The van der Waals surface area contributed by atoms with Crippen molar-refractivity contribution in [1.29, 1.82) is 0 Å². The first-order chi connectivity index (χ1) is 7.58. The summed E-state index contributed by atoms with van der Waals surface area (Å²) in [5.41, 5.74) is 0.925. The number of nitrogens with one attached hydrogen (secondary N) is 1. The van der Waals surface area contributed by atoms with Crippen LogP contribution in [-0.2, 0) is 0 Å². The Morgan fingerprint density at radius 3 is 2.88 bits per heavy atom. The number of nitrogens with zero attached hydrogens (tertiary/aromatic N) is 1. The monoisotopic (exact) mass is 222 g/mol. The van der Waals surface area contributed by atoms with Gasteiger partial charge in [-0.25, -0.2) is 0 Å². The molecule has 88 valence electrons. The predicted octanol–water partition coefficient (Wildman–Crippen LogP) is 1.33. The molecule has 1 saturated heterocycles. The smallest absolute Gasteiger partial charge is 0.289 e. The Morgan fingerprint density at radius 2 is 2.31 bits per heavy atom. The van der Waals surface area contributed by atoms with Crippen molar-refractivity contribution in [1.82, 2.24) is 10.2 Å². The van der Waals surface area contributed by atoms with Gasteiger partial charge in [0.2, 0.25) is 0 Å². The Hall–Kier alpha value is -1.29. The van der Waals surface area contributed by atoms with E-state index >= 15 is 0 Å². The van der Waals surface area contributed by atoms with Gasteiger partial charge in [0.15, 0.2) is 5.76 Å². The minimum absolute atomic E-state index is 0.0129. The van der Waals surface area contributed by atoms with E-state index in [1.165, 1.54) is 0 Å². The van der Waals surface area contributed by atoms with Gasteiger partial charge < -0.3 is 14.6 Å². The predicted molar refractivity (Wildman–Crippen MR) is 61.6 cm³/mol. The number of carbonyl (C=O) groups excluding carboxylic acids is 1. The van der Waals surface area contributed by atoms with Gasteiger partial charge in [-0.2, -0.15) is 0 Å². The van der Waals surface area contributed by atoms with Gasteiger partial charge in [0.05, 0.1) is 0 Å². The number of hydrogen-bond acceptors (Lipinski definition) is 3. The van der Waals surface area contributed by atoms with Crippen molar-refractivity contribution in [2.24, 2.45) is 0 Å². The number of amides is 1. The van der Waals surface area contributed by atoms with Crippen LogP contribution >= 0.6 is 0 Å². The minimum atomic E-state index is 0.0129. The maximum absolute atomic E-state index is 12.2. The highest BCUT2D eigenvalue weighted by Crippen LogP contribution is 2.16. The van der Waals surface area contributed by atoms with Gasteiger partial charge in [0.25, 0.3) is 5.91 Å². The fourth-order valence-corrected chi connectivity index (χ4v) is 2.11. The molecule has 4 nitrogen and oxygen atoms in total. The van der Waals surface area contributed by atoms with E-state index in [9.17, 15) is 4.79 Å². The molecule has 16 heavy (non-hydrogen) atoms. The largest absolute Gasteiger partial charge is 0.456 e. The molecule has 0 aliphatic carbocycles. The van der Waals surface area contributed by atoms with Crippen molar-refractivity contribution >= 4 is 5.91 Å². The summed E-state index contributed by atoms with van der Waals surface area (Å²) in [6, 6.07) is 2.26. The molecule has 0 bridgehead atoms. The van der Waals surface area contributed by atoms with E-state index in [1.807, 2.05) is 24.8 Å². The molecule has 4 heteroatoms. The van der Waals surface area contributed by atoms with E-state index < -0.39 is 0 Å². The zero-order chi connectivity index (χ0) is 11.7. The van der Waals surface area contributed by atoms with Crippen molar-refractivity contribution in [2.45, 2.75) is 26.8 Å². The lowest BCUT2D eigenvalue weighted by molar-refractivity contribution is 0.0674. The third kappa shape index (κ3) is 2.11. The van der Waals surface area contributed by atoms with Gasteiger partial charge >= 0.3 is 0 Å². The quantitative estimate of drug-likeness (QED) is 0.779. The van der Waals surface area contributed by atoms with Crippen LogP contribution in [0.2, 0.25) is 0 Å². The molecule has 2 heterocycles. The highest BCUT2D eigenvalue weighted by atomic mass is 16.4. The minimum Gasteiger partial charge on any atom is -0.456 e. The third-order valence-electron chi connectivity index (χ3n) is 2.89. The van der Waals surface area contributed by atoms with E-state index in [2.05, 4.69) is 12.2 Å². The Labute approximate surface area is 95.6 Å². The Kier molecular flexibility index (Phi) is 3.01. The maximum Gasteiger partial charge on any atom is 0.289 e. The summed E-state index contributed by atoms with van der Waals surface area (Å²) in [7, 11) is 0. The second kappa shape index (κ2) is 4.29. The number of hydrogen-bond donors (Lipinski definition) is 1. The molecule has 1 atom stereocenters. The van der Waals surface area contributed by atoms with E-state index in [-0.39, 0.29) is 5.91 Å². The molecule has 0 spiro atoms. The topological polar surface area (TPSA) is 45.5 Å². The van der Waals surface area contributed by atoms with Crippen LogP contribution < -0.4 is 5.32 Å². The summed E-state index contributed by atoms with van der Waals surface area (Å²) < 4.78 is 5.45. The summed E-state index contributed by atoms with van der Waals surface area (Å²) in [6.45, 7) is 8.21. The number of aryl methyl sites for hydroxylation is 2. The molecule has 1 amide bonds. The average Bonchev–Trinajstić information content (AvgIpc) is 2.57. The van der Waals surface area contributed by atoms with Crippen LogP contribution in [0.5, 0.6) is 0 Å². The average molecular weight is 222 g/mol. The summed E-state index contributed by atoms with van der Waals surface area (Å²) >= 11 is 0. The summed E-state index contributed by atoms with van der Waals surface area (Å²) in [5.74, 6) is 1.30. The molecule has 1 aliphatic heterocycles. The fraction of sp³-hybridized carbons (Fsp3) is 0.583. The van der Waals surface area contributed by atoms with Crippen molar-refractivity contribution in [3.63, 3.8) is 0 Å². The van der Waals surface area contributed by atoms with Crippen molar-refractivity contribution in [3.8, 4) is 0 Å². The van der Waals surface area contributed by atoms with Gasteiger partial charge in [-0.15, -0.1) is 0 Å². The third-order valence-corrected chi connectivity index (χ3v) is 2.89. The lowest BCUT2D eigenvalue weighted by Gasteiger charge is -2.31. The maximum atomic E-state index is 12.2. The van der Waals surface area contributed by atoms with Crippen LogP contribution in [0.25, 0.3) is 0 Å². The Balaban J connectivity index is 2.15. The number of rotatable bonds is 1. The highest BCUT2D eigenvalue weighted by Gasteiger charge is 2.25. The lowest BCUT2D eigenvalue weighted by Crippen LogP contribution is -2.51. The normalized spacial score (nSPS) is 21.2. The molecular weight excluding hydrogens is 204 g/mol. The first-order valence-corrected chi connectivity index (χ1v) is 5.67. The van der Waals surface area contributed by atoms with E-state index in [1.54, 1.807) is 0 Å². The van der Waals surface area contributed by atoms with E-state index in [0.29, 0.717) is 11.8 Å². The van der Waals surface area contributed by atoms with Gasteiger partial charge in [-0.05, 0) is 26.8 Å². The molecule has 1 unspecified atom stereocenters. The number of piperazine rings is 1. The fourth-order valence-electron chi connectivity index (χ4n) is 2.11. The Bertz CT molecular complexity index is 398. The van der Waals surface area contributed by atoms with E-state index in [4.69, 9.17) is 4.42 Å². The second-order valence-corrected chi connectivity index (χ2v) is 4.48. The second-order valence-electron chi connectivity index (χ2n) is 4.48. The Morgan fingerprint density at radius 1 is 1.56 bits per heavy atom. The molecule has 0 aromatic carbocycles. The molecule has 1 fully saturated rings. The standard InChI is InChI=1S/C12H18N2O2/c1-8-6-10(3)16-11(8)12(15)14-5-4-13-9(2)7-14/h6,9,13H,4-5,7H2,1-3H3. The molecule has 0 radical (unpaired) electrons. The first kappa shape index (κ1) is 11.2. The van der Waals surface area contributed by atoms with Gasteiger partial charge in [0, 0.05) is 31.2 Å². The molecular formula is C12H18N2O2. The van der Waals surface area contributed by atoms with Crippen LogP contribution in [0.1, 0.15) is 28.8 Å². The van der Waals surface area contributed by atoms with Gasteiger partial charge in [-0.3, -0.25) is 4.79 Å². The summed E-state index contributed by atoms with van der Waals surface area (Å²) in [5, 5.41) is 3.31. The van der Waals surface area contributed by atoms with Crippen LogP contribution in [-0.4, -0.2) is 36.5 Å². The van der Waals surface area contributed by atoms with Crippen LogP contribution in [0.3, 0.4) is 0 Å². The SMILES string of the molecule is Cc1cc(C)c(C(=O)N2CCNC(C)C2)o1. The van der Waals surface area contributed by atoms with Crippen LogP contribution in [0.15, 0.2) is 10.5 Å². The highest BCUT2D eigenvalue weighted by molar-refractivity contribution is 5.93. The van der Waals surface area contributed by atoms with E-state index in [0.717, 1.165) is 31.0 Å². The lowest BCUT2D eigenvalue weighted by atomic mass is 10.2. The summed E-state index contributed by atoms with van der Waals surface area (Å²) in [6.07, 6.45) is 0. The molecule has 1 N–H and O–H groups in total. The number of carbonyl (C=O) groups is 1.